The van der Waals surface area contributed by atoms with Crippen LogP contribution in [0.2, 0.25) is 5.02 Å². The molecule has 0 N–H and O–H groups in total. The third kappa shape index (κ3) is 4.30. The normalized spacial score (nSPS) is 16.7. The summed E-state index contributed by atoms with van der Waals surface area (Å²) in [6.45, 7) is 3.59. The van der Waals surface area contributed by atoms with E-state index in [1.807, 2.05) is 24.0 Å². The molecule has 24 heavy (non-hydrogen) atoms. The monoisotopic (exact) mass is 365 g/mol. The summed E-state index contributed by atoms with van der Waals surface area (Å²) in [6, 6.07) is 7.21. The summed E-state index contributed by atoms with van der Waals surface area (Å²) >= 11 is 7.19. The molecule has 1 aliphatic rings. The highest BCUT2D eigenvalue weighted by Gasteiger charge is 2.24. The Bertz CT molecular complexity index is 681. The second-order valence-electron chi connectivity index (χ2n) is 5.88. The van der Waals surface area contributed by atoms with Gasteiger partial charge in [-0.1, -0.05) is 36.2 Å². The number of carbonyl (C=O) groups is 1. The molecule has 0 unspecified atom stereocenters. The zero-order chi connectivity index (χ0) is 16.9. The molecule has 1 aromatic heterocycles. The van der Waals surface area contributed by atoms with Gasteiger partial charge in [0.25, 0.3) is 5.22 Å². The number of thioether (sulfide) groups is 1. The van der Waals surface area contributed by atoms with Crippen LogP contribution >= 0.6 is 23.4 Å². The molecule has 0 aliphatic carbocycles. The van der Waals surface area contributed by atoms with Gasteiger partial charge >= 0.3 is 0 Å². The van der Waals surface area contributed by atoms with Crippen LogP contribution in [0.1, 0.15) is 32.6 Å². The first-order valence-electron chi connectivity index (χ1n) is 8.18. The third-order valence-corrected chi connectivity index (χ3v) is 5.21. The van der Waals surface area contributed by atoms with E-state index in [1.165, 1.54) is 24.6 Å². The van der Waals surface area contributed by atoms with E-state index in [-0.39, 0.29) is 11.2 Å². The maximum Gasteiger partial charge on any atom is 0.277 e. The van der Waals surface area contributed by atoms with E-state index < -0.39 is 0 Å². The highest BCUT2D eigenvalue weighted by molar-refractivity contribution is 8.00. The molecule has 0 bridgehead atoms. The minimum Gasteiger partial charge on any atom is -0.411 e. The summed E-state index contributed by atoms with van der Waals surface area (Å²) in [5.74, 6) is 0.580. The van der Waals surface area contributed by atoms with Crippen molar-refractivity contribution in [3.05, 3.63) is 29.3 Å². The lowest BCUT2D eigenvalue weighted by Crippen LogP contribution is -2.37. The number of likely N-dealkylation sites (tertiary alicyclic amines) is 1. The van der Waals surface area contributed by atoms with E-state index in [2.05, 4.69) is 10.2 Å². The SMILES string of the molecule is C[C@H](Sc1nnc(-c2ccc(Cl)cc2)o1)C(=O)N1CCCCCC1. The lowest BCUT2D eigenvalue weighted by molar-refractivity contribution is -0.130. The summed E-state index contributed by atoms with van der Waals surface area (Å²) in [7, 11) is 0. The zero-order valence-electron chi connectivity index (χ0n) is 13.6. The van der Waals surface area contributed by atoms with Gasteiger partial charge in [-0.2, -0.15) is 0 Å². The number of amides is 1. The number of aromatic nitrogens is 2. The van der Waals surface area contributed by atoms with Gasteiger partial charge in [0.1, 0.15) is 0 Å². The molecular weight excluding hydrogens is 346 g/mol. The van der Waals surface area contributed by atoms with Crippen molar-refractivity contribution in [2.24, 2.45) is 0 Å². The highest BCUT2D eigenvalue weighted by Crippen LogP contribution is 2.28. The first-order chi connectivity index (χ1) is 11.6. The number of rotatable bonds is 4. The fourth-order valence-electron chi connectivity index (χ4n) is 2.72. The van der Waals surface area contributed by atoms with E-state index in [0.717, 1.165) is 31.5 Å². The molecule has 0 spiro atoms. The van der Waals surface area contributed by atoms with Crippen molar-refractivity contribution >= 4 is 29.3 Å². The topological polar surface area (TPSA) is 59.2 Å². The standard InChI is InChI=1S/C17H20ClN3O2S/c1-12(16(22)21-10-4-2-3-5-11-21)24-17-20-19-15(23-17)13-6-8-14(18)9-7-13/h6-9,12H,2-5,10-11H2,1H3/t12-/m0/s1. The first-order valence-corrected chi connectivity index (χ1v) is 9.44. The lowest BCUT2D eigenvalue weighted by atomic mass is 10.2. The molecule has 1 saturated heterocycles. The predicted octanol–water partition coefficient (Wildman–Crippen LogP) is 4.27. The average Bonchev–Trinajstić information content (AvgIpc) is 2.88. The first kappa shape index (κ1) is 17.3. The van der Waals surface area contributed by atoms with Crippen LogP contribution in [-0.2, 0) is 4.79 Å². The van der Waals surface area contributed by atoms with Gasteiger partial charge < -0.3 is 9.32 Å². The molecule has 1 aromatic carbocycles. The van der Waals surface area contributed by atoms with Crippen molar-refractivity contribution in [1.82, 2.24) is 15.1 Å². The van der Waals surface area contributed by atoms with Gasteiger partial charge in [-0.25, -0.2) is 0 Å². The fraction of sp³-hybridized carbons (Fsp3) is 0.471. The van der Waals surface area contributed by atoms with Gasteiger partial charge in [0, 0.05) is 23.7 Å². The predicted molar refractivity (Wildman–Crippen MR) is 95.1 cm³/mol. The van der Waals surface area contributed by atoms with Crippen molar-refractivity contribution in [2.45, 2.75) is 43.1 Å². The fourth-order valence-corrected chi connectivity index (χ4v) is 3.61. The number of carbonyl (C=O) groups excluding carboxylic acids is 1. The van der Waals surface area contributed by atoms with E-state index in [9.17, 15) is 4.79 Å². The van der Waals surface area contributed by atoms with E-state index in [4.69, 9.17) is 16.0 Å². The maximum absolute atomic E-state index is 12.6. The molecule has 2 heterocycles. The number of hydrogen-bond donors (Lipinski definition) is 0. The van der Waals surface area contributed by atoms with E-state index >= 15 is 0 Å². The van der Waals surface area contributed by atoms with Gasteiger partial charge in [-0.3, -0.25) is 4.79 Å². The second kappa shape index (κ2) is 8.03. The Hall–Kier alpha value is -1.53. The zero-order valence-corrected chi connectivity index (χ0v) is 15.1. The molecule has 0 radical (unpaired) electrons. The summed E-state index contributed by atoms with van der Waals surface area (Å²) in [4.78, 5) is 14.5. The minimum absolute atomic E-state index is 0.146. The Labute approximate surface area is 150 Å². The van der Waals surface area contributed by atoms with E-state index in [1.54, 1.807) is 12.1 Å². The Morgan fingerprint density at radius 1 is 1.17 bits per heavy atom. The minimum atomic E-state index is -0.235. The Morgan fingerprint density at radius 3 is 2.50 bits per heavy atom. The summed E-state index contributed by atoms with van der Waals surface area (Å²) in [6.07, 6.45) is 4.59. The van der Waals surface area contributed by atoms with Crippen LogP contribution in [0.15, 0.2) is 33.9 Å². The molecule has 0 saturated carbocycles. The van der Waals surface area contributed by atoms with Crippen LogP contribution in [-0.4, -0.2) is 39.3 Å². The molecule has 128 valence electrons. The van der Waals surface area contributed by atoms with Crippen molar-refractivity contribution < 1.29 is 9.21 Å². The number of hydrogen-bond acceptors (Lipinski definition) is 5. The van der Waals surface area contributed by atoms with Crippen LogP contribution in [0.3, 0.4) is 0 Å². The maximum atomic E-state index is 12.6. The van der Waals surface area contributed by atoms with Crippen LogP contribution in [0.4, 0.5) is 0 Å². The lowest BCUT2D eigenvalue weighted by Gasteiger charge is -2.23. The molecule has 1 amide bonds. The largest absolute Gasteiger partial charge is 0.411 e. The third-order valence-electron chi connectivity index (χ3n) is 4.04. The van der Waals surface area contributed by atoms with Crippen LogP contribution < -0.4 is 0 Å². The van der Waals surface area contributed by atoms with Crippen LogP contribution in [0, 0.1) is 0 Å². The average molecular weight is 366 g/mol. The van der Waals surface area contributed by atoms with Gasteiger partial charge in [0.2, 0.25) is 11.8 Å². The quantitative estimate of drug-likeness (QED) is 0.757. The molecule has 3 rings (SSSR count). The molecular formula is C17H20ClN3O2S. The van der Waals surface area contributed by atoms with Crippen molar-refractivity contribution in [3.8, 4) is 11.5 Å². The van der Waals surface area contributed by atoms with Gasteiger partial charge in [-0.05, 0) is 44.0 Å². The smallest absolute Gasteiger partial charge is 0.277 e. The van der Waals surface area contributed by atoms with Crippen molar-refractivity contribution in [3.63, 3.8) is 0 Å². The molecule has 5 nitrogen and oxygen atoms in total. The summed E-state index contributed by atoms with van der Waals surface area (Å²) in [5, 5.41) is 8.93. The van der Waals surface area contributed by atoms with Crippen LogP contribution in [0.5, 0.6) is 0 Å². The number of halogens is 1. The van der Waals surface area contributed by atoms with Crippen molar-refractivity contribution in [2.75, 3.05) is 13.1 Å². The van der Waals surface area contributed by atoms with Gasteiger partial charge in [0.05, 0.1) is 5.25 Å². The van der Waals surface area contributed by atoms with Crippen LogP contribution in [0.25, 0.3) is 11.5 Å². The highest BCUT2D eigenvalue weighted by atomic mass is 35.5. The Balaban J connectivity index is 1.63. The Morgan fingerprint density at radius 2 is 1.83 bits per heavy atom. The molecule has 1 aliphatic heterocycles. The number of benzene rings is 1. The summed E-state index contributed by atoms with van der Waals surface area (Å²) in [5.41, 5.74) is 0.810. The Kier molecular flexibility index (Phi) is 5.79. The molecule has 2 aromatic rings. The van der Waals surface area contributed by atoms with Crippen molar-refractivity contribution in [1.29, 1.82) is 0 Å². The second-order valence-corrected chi connectivity index (χ2v) is 7.61. The summed E-state index contributed by atoms with van der Waals surface area (Å²) < 4.78 is 5.67. The van der Waals surface area contributed by atoms with E-state index in [0.29, 0.717) is 16.1 Å². The molecule has 1 fully saturated rings. The molecule has 7 heteroatoms. The van der Waals surface area contributed by atoms with Gasteiger partial charge in [0.15, 0.2) is 0 Å². The van der Waals surface area contributed by atoms with Gasteiger partial charge in [-0.15, -0.1) is 10.2 Å². The molecule has 1 atom stereocenters. The number of nitrogens with zero attached hydrogens (tertiary/aromatic N) is 3.